The van der Waals surface area contributed by atoms with E-state index in [1.807, 2.05) is 9.80 Å². The molecular formula is C20H26N2O2S. The minimum Gasteiger partial charge on any atom is -0.331 e. The highest BCUT2D eigenvalue weighted by molar-refractivity contribution is 7.99. The smallest absolute Gasteiger partial charge is 0.246 e. The predicted molar refractivity (Wildman–Crippen MR) is 100 cm³/mol. The third-order valence-electron chi connectivity index (χ3n) is 5.77. The van der Waals surface area contributed by atoms with Crippen molar-refractivity contribution in [3.63, 3.8) is 0 Å². The second kappa shape index (κ2) is 7.40. The molecule has 1 atom stereocenters. The van der Waals surface area contributed by atoms with Gasteiger partial charge in [0.1, 0.15) is 6.04 Å². The Bertz CT molecular complexity index is 632. The highest BCUT2D eigenvalue weighted by atomic mass is 32.2. The van der Waals surface area contributed by atoms with Crippen LogP contribution in [-0.2, 0) is 22.4 Å². The molecule has 3 aliphatic rings. The van der Waals surface area contributed by atoms with Crippen molar-refractivity contribution >= 4 is 23.6 Å². The second-order valence-corrected chi connectivity index (χ2v) is 8.56. The fourth-order valence-corrected chi connectivity index (χ4v) is 5.40. The minimum absolute atomic E-state index is 0.174. The van der Waals surface area contributed by atoms with Crippen LogP contribution in [0.1, 0.15) is 36.8 Å². The zero-order valence-electron chi connectivity index (χ0n) is 14.7. The molecule has 5 heteroatoms. The molecule has 0 radical (unpaired) electrons. The minimum atomic E-state index is -0.219. The number of carbonyl (C=O) groups excluding carboxylic acids is 2. The van der Waals surface area contributed by atoms with Gasteiger partial charge in [0.05, 0.1) is 5.88 Å². The molecule has 0 saturated carbocycles. The maximum atomic E-state index is 13.0. The number of nitrogens with zero attached hydrogens (tertiary/aromatic N) is 2. The fourth-order valence-electron chi connectivity index (χ4n) is 4.44. The van der Waals surface area contributed by atoms with Crippen LogP contribution in [0.15, 0.2) is 24.3 Å². The van der Waals surface area contributed by atoms with E-state index in [0.29, 0.717) is 12.3 Å². The number of amides is 2. The molecule has 25 heavy (non-hydrogen) atoms. The van der Waals surface area contributed by atoms with Crippen molar-refractivity contribution in [1.82, 2.24) is 9.80 Å². The first-order valence-electron chi connectivity index (χ1n) is 9.45. The van der Waals surface area contributed by atoms with Crippen molar-refractivity contribution in [2.24, 2.45) is 5.92 Å². The Morgan fingerprint density at radius 1 is 1.08 bits per heavy atom. The number of carbonyl (C=O) groups is 2. The summed E-state index contributed by atoms with van der Waals surface area (Å²) in [7, 11) is 0. The number of benzene rings is 1. The summed E-state index contributed by atoms with van der Waals surface area (Å²) in [5.74, 6) is 2.56. The molecule has 2 fully saturated rings. The van der Waals surface area contributed by atoms with Crippen molar-refractivity contribution in [1.29, 1.82) is 0 Å². The largest absolute Gasteiger partial charge is 0.331 e. The molecule has 0 aromatic heterocycles. The first-order valence-corrected chi connectivity index (χ1v) is 10.6. The van der Waals surface area contributed by atoms with E-state index in [4.69, 9.17) is 0 Å². The lowest BCUT2D eigenvalue weighted by Gasteiger charge is -2.37. The van der Waals surface area contributed by atoms with E-state index in [1.54, 1.807) is 11.8 Å². The zero-order valence-corrected chi connectivity index (χ0v) is 15.5. The van der Waals surface area contributed by atoms with Crippen LogP contribution < -0.4 is 0 Å². The highest BCUT2D eigenvalue weighted by Gasteiger charge is 2.36. The highest BCUT2D eigenvalue weighted by Crippen LogP contribution is 2.30. The van der Waals surface area contributed by atoms with Crippen molar-refractivity contribution in [3.05, 3.63) is 35.4 Å². The number of fused-ring (bicyclic) bond motifs is 1. The molecule has 2 amide bonds. The number of hydrogen-bond acceptors (Lipinski definition) is 3. The number of rotatable bonds is 3. The lowest BCUT2D eigenvalue weighted by atomic mass is 9.97. The van der Waals surface area contributed by atoms with Gasteiger partial charge in [-0.15, -0.1) is 11.8 Å². The molecule has 1 unspecified atom stereocenters. The van der Waals surface area contributed by atoms with Gasteiger partial charge in [-0.1, -0.05) is 24.3 Å². The van der Waals surface area contributed by atoms with E-state index in [9.17, 15) is 9.59 Å². The Hall–Kier alpha value is -1.49. The molecule has 2 saturated heterocycles. The van der Waals surface area contributed by atoms with Crippen LogP contribution in [0.25, 0.3) is 0 Å². The number of thioether (sulfide) groups is 1. The van der Waals surface area contributed by atoms with Gasteiger partial charge in [0.2, 0.25) is 11.8 Å². The molecule has 1 aromatic rings. The maximum Gasteiger partial charge on any atom is 0.246 e. The summed E-state index contributed by atoms with van der Waals surface area (Å²) in [4.78, 5) is 29.7. The summed E-state index contributed by atoms with van der Waals surface area (Å²) in [5.41, 5.74) is 2.78. The van der Waals surface area contributed by atoms with Crippen LogP contribution in [0.5, 0.6) is 0 Å². The molecule has 0 bridgehead atoms. The normalized spacial score (nSPS) is 23.8. The monoisotopic (exact) mass is 358 g/mol. The van der Waals surface area contributed by atoms with E-state index in [0.717, 1.165) is 56.8 Å². The lowest BCUT2D eigenvalue weighted by Crippen LogP contribution is -2.52. The van der Waals surface area contributed by atoms with Crippen LogP contribution in [0.4, 0.5) is 0 Å². The summed E-state index contributed by atoms with van der Waals surface area (Å²) >= 11 is 1.80. The fraction of sp³-hybridized carbons (Fsp3) is 0.600. The molecule has 4 nitrogen and oxygen atoms in total. The number of hydrogen-bond donors (Lipinski definition) is 0. The number of piperidine rings is 1. The molecular weight excluding hydrogens is 332 g/mol. The first-order chi connectivity index (χ1) is 12.2. The van der Waals surface area contributed by atoms with Crippen LogP contribution in [-0.4, -0.2) is 52.4 Å². The average Bonchev–Trinajstić information content (AvgIpc) is 3.30. The Kier molecular flexibility index (Phi) is 5.02. The van der Waals surface area contributed by atoms with Crippen molar-refractivity contribution in [2.75, 3.05) is 24.7 Å². The summed E-state index contributed by atoms with van der Waals surface area (Å²) < 4.78 is 0. The molecule has 134 valence electrons. The Balaban J connectivity index is 1.40. The van der Waals surface area contributed by atoms with Crippen molar-refractivity contribution in [2.45, 2.75) is 44.6 Å². The summed E-state index contributed by atoms with van der Waals surface area (Å²) in [6.45, 7) is 1.58. The molecule has 0 N–H and O–H groups in total. The van der Waals surface area contributed by atoms with Crippen LogP contribution in [0.2, 0.25) is 0 Å². The Labute approximate surface area is 153 Å². The first kappa shape index (κ1) is 17.0. The third-order valence-corrected chi connectivity index (χ3v) is 6.74. The topological polar surface area (TPSA) is 40.6 Å². The third kappa shape index (κ3) is 3.57. The van der Waals surface area contributed by atoms with Gasteiger partial charge in [-0.05, 0) is 49.1 Å². The summed E-state index contributed by atoms with van der Waals surface area (Å²) in [5, 5.41) is 0. The average molecular weight is 359 g/mol. The summed E-state index contributed by atoms with van der Waals surface area (Å²) in [6, 6.07) is 8.30. The van der Waals surface area contributed by atoms with E-state index < -0.39 is 0 Å². The maximum absolute atomic E-state index is 13.0. The molecule has 1 aromatic carbocycles. The van der Waals surface area contributed by atoms with Gasteiger partial charge in [0.15, 0.2) is 0 Å². The van der Waals surface area contributed by atoms with Crippen LogP contribution >= 0.6 is 11.8 Å². The Morgan fingerprint density at radius 3 is 2.52 bits per heavy atom. The molecule has 4 rings (SSSR count). The summed E-state index contributed by atoms with van der Waals surface area (Å²) in [6.07, 6.45) is 5.48. The van der Waals surface area contributed by atoms with E-state index >= 15 is 0 Å². The van der Waals surface area contributed by atoms with Gasteiger partial charge >= 0.3 is 0 Å². The Morgan fingerprint density at radius 2 is 1.84 bits per heavy atom. The molecule has 2 aliphatic heterocycles. The SMILES string of the molecule is O=C(C1CCCCN1C(=O)CC1Cc2ccccc2C1)N1CCSC1. The zero-order chi connectivity index (χ0) is 17.2. The van der Waals surface area contributed by atoms with Crippen molar-refractivity contribution in [3.8, 4) is 0 Å². The van der Waals surface area contributed by atoms with Crippen LogP contribution in [0, 0.1) is 5.92 Å². The standard InChI is InChI=1S/C20H26N2O2S/c23-19(13-15-11-16-5-1-2-6-17(16)12-15)22-8-4-3-7-18(22)20(24)21-9-10-25-14-21/h1-2,5-6,15,18H,3-4,7-14H2. The van der Waals surface area contributed by atoms with E-state index in [-0.39, 0.29) is 17.9 Å². The number of likely N-dealkylation sites (tertiary alicyclic amines) is 1. The molecule has 2 heterocycles. The van der Waals surface area contributed by atoms with Crippen LogP contribution in [0.3, 0.4) is 0 Å². The lowest BCUT2D eigenvalue weighted by molar-refractivity contribution is -0.147. The molecule has 0 spiro atoms. The van der Waals surface area contributed by atoms with Gasteiger partial charge < -0.3 is 9.80 Å². The molecule has 1 aliphatic carbocycles. The van der Waals surface area contributed by atoms with Gasteiger partial charge in [-0.2, -0.15) is 0 Å². The quantitative estimate of drug-likeness (QED) is 0.834. The van der Waals surface area contributed by atoms with Gasteiger partial charge in [-0.25, -0.2) is 0 Å². The second-order valence-electron chi connectivity index (χ2n) is 7.48. The van der Waals surface area contributed by atoms with E-state index in [2.05, 4.69) is 24.3 Å². The van der Waals surface area contributed by atoms with Crippen molar-refractivity contribution < 1.29 is 9.59 Å². The predicted octanol–water partition coefficient (Wildman–Crippen LogP) is 2.71. The van der Waals surface area contributed by atoms with E-state index in [1.165, 1.54) is 11.1 Å². The van der Waals surface area contributed by atoms with Gasteiger partial charge in [0.25, 0.3) is 0 Å². The van der Waals surface area contributed by atoms with Gasteiger partial charge in [-0.3, -0.25) is 9.59 Å². The van der Waals surface area contributed by atoms with Gasteiger partial charge in [0, 0.05) is 25.3 Å².